The van der Waals surface area contributed by atoms with Gasteiger partial charge in [-0.1, -0.05) is 6.58 Å². The zero-order valence-electron chi connectivity index (χ0n) is 8.37. The number of ether oxygens (including phenoxy) is 1. The number of aromatic nitrogens is 1. The van der Waals surface area contributed by atoms with Crippen molar-refractivity contribution in [3.63, 3.8) is 0 Å². The van der Waals surface area contributed by atoms with Crippen molar-refractivity contribution >= 4 is 11.5 Å². The molecule has 0 spiro atoms. The Morgan fingerprint density at radius 3 is 3.00 bits per heavy atom. The summed E-state index contributed by atoms with van der Waals surface area (Å²) in [7, 11) is 0. The fourth-order valence-electron chi connectivity index (χ4n) is 1.38. The van der Waals surface area contributed by atoms with E-state index >= 15 is 0 Å². The Kier molecular flexibility index (Phi) is 2.08. The Morgan fingerprint density at radius 2 is 2.29 bits per heavy atom. The van der Waals surface area contributed by atoms with Gasteiger partial charge in [0, 0.05) is 23.4 Å². The largest absolute Gasteiger partial charge is 0.420 e. The molecule has 0 atom stereocenters. The molecule has 72 valence electrons. The second-order valence-corrected chi connectivity index (χ2v) is 3.17. The predicted octanol–water partition coefficient (Wildman–Crippen LogP) is 2.21. The minimum Gasteiger partial charge on any atom is -0.420 e. The van der Waals surface area contributed by atoms with Gasteiger partial charge in [0.25, 0.3) is 0 Å². The first-order valence-corrected chi connectivity index (χ1v) is 4.62. The average Bonchev–Trinajstić information content (AvgIpc) is 2.44. The van der Waals surface area contributed by atoms with Crippen molar-refractivity contribution in [2.75, 3.05) is 6.54 Å². The van der Waals surface area contributed by atoms with E-state index in [1.54, 1.807) is 0 Å². The predicted molar refractivity (Wildman–Crippen MR) is 56.6 cm³/mol. The maximum Gasteiger partial charge on any atom is 0.229 e. The summed E-state index contributed by atoms with van der Waals surface area (Å²) >= 11 is 0. The first-order valence-electron chi connectivity index (χ1n) is 4.62. The molecule has 3 heteroatoms. The average molecular weight is 188 g/mol. The number of aliphatic imine (C=N–C) groups is 1. The molecule has 14 heavy (non-hydrogen) atoms. The number of hydrogen-bond donors (Lipinski definition) is 0. The first kappa shape index (κ1) is 8.94. The lowest BCUT2D eigenvalue weighted by atomic mass is 10.1. The summed E-state index contributed by atoms with van der Waals surface area (Å²) in [4.78, 5) is 8.48. The van der Waals surface area contributed by atoms with Crippen molar-refractivity contribution in [1.82, 2.24) is 4.98 Å². The molecule has 0 N–H and O–H groups in total. The minimum atomic E-state index is 0.598. The Bertz CT molecular complexity index is 421. The van der Waals surface area contributed by atoms with E-state index in [1.807, 2.05) is 26.0 Å². The van der Waals surface area contributed by atoms with Crippen LogP contribution < -0.4 is 4.74 Å². The molecule has 3 nitrogen and oxygen atoms in total. The molecule has 0 saturated carbocycles. The molecule has 2 heterocycles. The van der Waals surface area contributed by atoms with Crippen molar-refractivity contribution in [3.05, 3.63) is 30.0 Å². The van der Waals surface area contributed by atoms with Crippen LogP contribution in [0.15, 0.2) is 23.7 Å². The lowest BCUT2D eigenvalue weighted by Gasteiger charge is -1.96. The van der Waals surface area contributed by atoms with E-state index < -0.39 is 0 Å². The molecule has 0 aromatic carbocycles. The molecule has 1 aromatic rings. The van der Waals surface area contributed by atoms with Crippen LogP contribution in [0, 0.1) is 6.92 Å². The van der Waals surface area contributed by atoms with Gasteiger partial charge in [0.2, 0.25) is 11.8 Å². The van der Waals surface area contributed by atoms with E-state index in [4.69, 9.17) is 4.74 Å². The molecule has 1 aliphatic rings. The van der Waals surface area contributed by atoms with Gasteiger partial charge in [-0.3, -0.25) is 4.99 Å². The molecule has 1 aromatic heterocycles. The lowest BCUT2D eigenvalue weighted by molar-refractivity contribution is 0.542. The van der Waals surface area contributed by atoms with Crippen LogP contribution >= 0.6 is 0 Å². The highest BCUT2D eigenvalue weighted by Gasteiger charge is 2.24. The van der Waals surface area contributed by atoms with Crippen molar-refractivity contribution < 1.29 is 4.74 Å². The van der Waals surface area contributed by atoms with Crippen LogP contribution in [0.3, 0.4) is 0 Å². The third-order valence-corrected chi connectivity index (χ3v) is 2.08. The van der Waals surface area contributed by atoms with Crippen LogP contribution in [0.25, 0.3) is 5.57 Å². The topological polar surface area (TPSA) is 34.5 Å². The number of rotatable bonds is 1. The van der Waals surface area contributed by atoms with Crippen molar-refractivity contribution in [2.45, 2.75) is 13.8 Å². The van der Waals surface area contributed by atoms with Crippen LogP contribution in [-0.4, -0.2) is 17.4 Å². The summed E-state index contributed by atoms with van der Waals surface area (Å²) in [5.41, 5.74) is 2.71. The summed E-state index contributed by atoms with van der Waals surface area (Å²) < 4.78 is 5.48. The Labute approximate surface area is 83.2 Å². The van der Waals surface area contributed by atoms with Crippen LogP contribution in [0.4, 0.5) is 0 Å². The molecule has 0 amide bonds. The van der Waals surface area contributed by atoms with Gasteiger partial charge >= 0.3 is 0 Å². The van der Waals surface area contributed by atoms with Gasteiger partial charge < -0.3 is 4.74 Å². The molecule has 0 bridgehead atoms. The van der Waals surface area contributed by atoms with Gasteiger partial charge in [0.1, 0.15) is 0 Å². The van der Waals surface area contributed by atoms with E-state index in [0.29, 0.717) is 18.3 Å². The van der Waals surface area contributed by atoms with E-state index in [1.165, 1.54) is 0 Å². The Balaban J connectivity index is 2.45. The first-order chi connectivity index (χ1) is 6.72. The summed E-state index contributed by atoms with van der Waals surface area (Å²) in [5, 5.41) is 0. The summed E-state index contributed by atoms with van der Waals surface area (Å²) in [6.45, 7) is 8.52. The van der Waals surface area contributed by atoms with E-state index in [-0.39, 0.29) is 0 Å². The van der Waals surface area contributed by atoms with Gasteiger partial charge in [-0.25, -0.2) is 4.98 Å². The Morgan fingerprint density at radius 1 is 1.50 bits per heavy atom. The minimum absolute atomic E-state index is 0.598. The maximum absolute atomic E-state index is 5.48. The second kappa shape index (κ2) is 3.25. The molecule has 0 fully saturated rings. The SMILES string of the molecule is C=C1C(=NCC)Oc2nc(C)ccc21. The zero-order valence-corrected chi connectivity index (χ0v) is 8.37. The van der Waals surface area contributed by atoms with Crippen LogP contribution in [0.5, 0.6) is 5.88 Å². The highest BCUT2D eigenvalue weighted by molar-refractivity contribution is 6.23. The van der Waals surface area contributed by atoms with Crippen LogP contribution in [0.2, 0.25) is 0 Å². The molecular formula is C11H12N2O. The fraction of sp³-hybridized carbons (Fsp3) is 0.273. The molecule has 0 aliphatic carbocycles. The summed E-state index contributed by atoms with van der Waals surface area (Å²) in [6, 6.07) is 3.92. The number of pyridine rings is 1. The molecule has 2 rings (SSSR count). The number of aryl methyl sites for hydroxylation is 1. The van der Waals surface area contributed by atoms with Crippen molar-refractivity contribution in [1.29, 1.82) is 0 Å². The third-order valence-electron chi connectivity index (χ3n) is 2.08. The van der Waals surface area contributed by atoms with Gasteiger partial charge in [-0.2, -0.15) is 0 Å². The number of fused-ring (bicyclic) bond motifs is 1. The third kappa shape index (κ3) is 1.31. The maximum atomic E-state index is 5.48. The summed E-state index contributed by atoms with van der Waals surface area (Å²) in [5.74, 6) is 1.22. The molecule has 0 radical (unpaired) electrons. The van der Waals surface area contributed by atoms with Gasteiger partial charge in [-0.05, 0) is 26.0 Å². The molecular weight excluding hydrogens is 176 g/mol. The fourth-order valence-corrected chi connectivity index (χ4v) is 1.38. The highest BCUT2D eigenvalue weighted by atomic mass is 16.5. The lowest BCUT2D eigenvalue weighted by Crippen LogP contribution is -2.02. The van der Waals surface area contributed by atoms with Crippen molar-refractivity contribution in [2.24, 2.45) is 4.99 Å². The quantitative estimate of drug-likeness (QED) is 0.677. The standard InChI is InChI=1S/C11H12N2O/c1-4-12-10-8(3)9-6-5-7(2)13-11(9)14-10/h5-6H,3-4H2,1-2H3. The number of hydrogen-bond acceptors (Lipinski definition) is 3. The second-order valence-electron chi connectivity index (χ2n) is 3.17. The van der Waals surface area contributed by atoms with E-state index in [2.05, 4.69) is 16.6 Å². The highest BCUT2D eigenvalue weighted by Crippen LogP contribution is 2.31. The van der Waals surface area contributed by atoms with Gasteiger partial charge in [0.05, 0.1) is 0 Å². The summed E-state index contributed by atoms with van der Waals surface area (Å²) in [6.07, 6.45) is 0. The van der Waals surface area contributed by atoms with Crippen molar-refractivity contribution in [3.8, 4) is 5.88 Å². The zero-order chi connectivity index (χ0) is 10.1. The number of nitrogens with zero attached hydrogens (tertiary/aromatic N) is 2. The normalized spacial score (nSPS) is 17.0. The smallest absolute Gasteiger partial charge is 0.229 e. The van der Waals surface area contributed by atoms with Crippen LogP contribution in [0.1, 0.15) is 18.2 Å². The van der Waals surface area contributed by atoms with Gasteiger partial charge in [-0.15, -0.1) is 0 Å². The van der Waals surface area contributed by atoms with E-state index in [9.17, 15) is 0 Å². The molecule has 0 saturated heterocycles. The van der Waals surface area contributed by atoms with Gasteiger partial charge in [0.15, 0.2) is 0 Å². The molecule has 1 aliphatic heterocycles. The van der Waals surface area contributed by atoms with Crippen LogP contribution in [-0.2, 0) is 0 Å². The molecule has 0 unspecified atom stereocenters. The Hall–Kier alpha value is -1.64. The van der Waals surface area contributed by atoms with E-state index in [0.717, 1.165) is 16.8 Å². The monoisotopic (exact) mass is 188 g/mol.